The highest BCUT2D eigenvalue weighted by molar-refractivity contribution is 5.80. The van der Waals surface area contributed by atoms with Crippen molar-refractivity contribution >= 4 is 23.8 Å². The van der Waals surface area contributed by atoms with Gasteiger partial charge in [-0.3, -0.25) is 4.79 Å². The van der Waals surface area contributed by atoms with Gasteiger partial charge in [0.1, 0.15) is 0 Å². The molecule has 100 valence electrons. The summed E-state index contributed by atoms with van der Waals surface area (Å²) in [4.78, 5) is 27.4. The molecule has 0 aliphatic heterocycles. The van der Waals surface area contributed by atoms with Crippen molar-refractivity contribution in [3.8, 4) is 0 Å². The second-order valence-electron chi connectivity index (χ2n) is 3.93. The van der Waals surface area contributed by atoms with Crippen molar-refractivity contribution in [1.82, 2.24) is 20.3 Å². The quantitative estimate of drug-likeness (QED) is 0.707. The van der Waals surface area contributed by atoms with Crippen LogP contribution in [0.2, 0.25) is 0 Å². The Bertz CT molecular complexity index is 421. The van der Waals surface area contributed by atoms with Gasteiger partial charge in [-0.2, -0.15) is 15.0 Å². The third-order valence-electron chi connectivity index (χ3n) is 2.24. The summed E-state index contributed by atoms with van der Waals surface area (Å²) >= 11 is 0. The monoisotopic (exact) mass is 253 g/mol. The van der Waals surface area contributed by atoms with Crippen LogP contribution in [0.3, 0.4) is 0 Å². The zero-order valence-corrected chi connectivity index (χ0v) is 11.4. The van der Waals surface area contributed by atoms with Crippen LogP contribution in [0.15, 0.2) is 0 Å². The van der Waals surface area contributed by atoms with Gasteiger partial charge in [0.25, 0.3) is 0 Å². The van der Waals surface area contributed by atoms with Gasteiger partial charge in [0.15, 0.2) is 0 Å². The van der Waals surface area contributed by atoms with Crippen LogP contribution in [-0.4, -0.2) is 62.6 Å². The van der Waals surface area contributed by atoms with Crippen LogP contribution in [0.4, 0.5) is 17.8 Å². The molecule has 8 heteroatoms. The minimum absolute atomic E-state index is 0.102. The number of rotatable bonds is 5. The molecule has 0 fully saturated rings. The van der Waals surface area contributed by atoms with Crippen molar-refractivity contribution in [3.63, 3.8) is 0 Å². The Morgan fingerprint density at radius 3 is 2.22 bits per heavy atom. The van der Waals surface area contributed by atoms with Gasteiger partial charge in [0.2, 0.25) is 23.8 Å². The molecule has 0 aromatic carbocycles. The maximum absolute atomic E-state index is 11.3. The van der Waals surface area contributed by atoms with E-state index >= 15 is 0 Å². The molecule has 8 nitrogen and oxygen atoms in total. The molecule has 0 unspecified atom stereocenters. The molecule has 0 radical (unpaired) electrons. The summed E-state index contributed by atoms with van der Waals surface area (Å²) in [5, 5.41) is 5.42. The number of amides is 1. The van der Waals surface area contributed by atoms with Gasteiger partial charge in [-0.1, -0.05) is 0 Å². The molecule has 1 aromatic rings. The molecule has 0 bridgehead atoms. The predicted molar refractivity (Wildman–Crippen MR) is 71.0 cm³/mol. The van der Waals surface area contributed by atoms with E-state index in [1.54, 1.807) is 30.9 Å². The molecule has 0 spiro atoms. The molecule has 2 N–H and O–H groups in total. The van der Waals surface area contributed by atoms with Gasteiger partial charge < -0.3 is 20.4 Å². The van der Waals surface area contributed by atoms with Gasteiger partial charge in [-0.25, -0.2) is 0 Å². The normalized spacial score (nSPS) is 9.83. The van der Waals surface area contributed by atoms with Crippen LogP contribution in [0, 0.1) is 0 Å². The van der Waals surface area contributed by atoms with E-state index in [2.05, 4.69) is 25.6 Å². The van der Waals surface area contributed by atoms with E-state index < -0.39 is 0 Å². The zero-order chi connectivity index (χ0) is 13.7. The molecule has 1 aromatic heterocycles. The van der Waals surface area contributed by atoms with E-state index in [9.17, 15) is 4.79 Å². The molecule has 1 amide bonds. The number of nitrogens with zero attached hydrogens (tertiary/aromatic N) is 5. The SMILES string of the molecule is CNC(=O)CN(C)c1nc(NC)nc(N(C)C)n1. The van der Waals surface area contributed by atoms with Crippen molar-refractivity contribution < 1.29 is 4.79 Å². The third kappa shape index (κ3) is 3.44. The summed E-state index contributed by atoms with van der Waals surface area (Å²) in [6.45, 7) is 0.191. The average molecular weight is 253 g/mol. The summed E-state index contributed by atoms with van der Waals surface area (Å²) in [6.07, 6.45) is 0. The Kier molecular flexibility index (Phi) is 4.64. The first kappa shape index (κ1) is 13.9. The molecule has 0 saturated carbocycles. The first-order valence-corrected chi connectivity index (χ1v) is 5.50. The van der Waals surface area contributed by atoms with E-state index in [1.165, 1.54) is 0 Å². The zero-order valence-electron chi connectivity index (χ0n) is 11.4. The van der Waals surface area contributed by atoms with Gasteiger partial charge in [0, 0.05) is 35.2 Å². The number of hydrogen-bond donors (Lipinski definition) is 2. The predicted octanol–water partition coefficient (Wildman–Crippen LogP) is -0.838. The first-order valence-electron chi connectivity index (χ1n) is 5.50. The summed E-state index contributed by atoms with van der Waals surface area (Å²) in [6, 6.07) is 0. The van der Waals surface area contributed by atoms with E-state index in [4.69, 9.17) is 0 Å². The van der Waals surface area contributed by atoms with Crippen LogP contribution in [0.5, 0.6) is 0 Å². The van der Waals surface area contributed by atoms with E-state index in [-0.39, 0.29) is 12.5 Å². The second kappa shape index (κ2) is 5.99. The van der Waals surface area contributed by atoms with E-state index in [1.807, 2.05) is 14.1 Å². The first-order chi connectivity index (χ1) is 8.47. The third-order valence-corrected chi connectivity index (χ3v) is 2.24. The lowest BCUT2D eigenvalue weighted by atomic mass is 10.5. The molecule has 0 aliphatic carbocycles. The van der Waals surface area contributed by atoms with Crippen LogP contribution >= 0.6 is 0 Å². The molecule has 1 rings (SSSR count). The fourth-order valence-electron chi connectivity index (χ4n) is 1.20. The number of carbonyl (C=O) groups excluding carboxylic acids is 1. The Labute approximate surface area is 106 Å². The second-order valence-corrected chi connectivity index (χ2v) is 3.93. The molecule has 0 aliphatic rings. The van der Waals surface area contributed by atoms with Crippen molar-refractivity contribution in [2.24, 2.45) is 0 Å². The van der Waals surface area contributed by atoms with Gasteiger partial charge in [-0.15, -0.1) is 0 Å². The summed E-state index contributed by atoms with van der Waals surface area (Å²) in [5.74, 6) is 1.34. The van der Waals surface area contributed by atoms with E-state index in [0.717, 1.165) is 0 Å². The number of aromatic nitrogens is 3. The summed E-state index contributed by atoms with van der Waals surface area (Å²) < 4.78 is 0. The largest absolute Gasteiger partial charge is 0.358 e. The summed E-state index contributed by atoms with van der Waals surface area (Å²) in [5.41, 5.74) is 0. The Morgan fingerprint density at radius 2 is 1.72 bits per heavy atom. The number of likely N-dealkylation sites (N-methyl/N-ethyl adjacent to an activating group) is 2. The molecular weight excluding hydrogens is 234 g/mol. The smallest absolute Gasteiger partial charge is 0.239 e. The minimum atomic E-state index is -0.102. The highest BCUT2D eigenvalue weighted by atomic mass is 16.1. The van der Waals surface area contributed by atoms with Crippen LogP contribution < -0.4 is 20.4 Å². The highest BCUT2D eigenvalue weighted by Gasteiger charge is 2.13. The summed E-state index contributed by atoms with van der Waals surface area (Å²) in [7, 11) is 8.77. The van der Waals surface area contributed by atoms with Gasteiger partial charge >= 0.3 is 0 Å². The lowest BCUT2D eigenvalue weighted by molar-refractivity contribution is -0.119. The maximum atomic E-state index is 11.3. The van der Waals surface area contributed by atoms with Crippen molar-refractivity contribution in [2.75, 3.05) is 56.9 Å². The standard InChI is InChI=1S/C10H19N7O/c1-11-7(18)6-17(5)10-14-8(12-2)13-9(15-10)16(3)4/h6H2,1-5H3,(H,11,18)(H,12,13,14,15). The number of nitrogens with one attached hydrogen (secondary N) is 2. The highest BCUT2D eigenvalue weighted by Crippen LogP contribution is 2.13. The number of hydrogen-bond acceptors (Lipinski definition) is 7. The fourth-order valence-corrected chi connectivity index (χ4v) is 1.20. The molecule has 0 saturated heterocycles. The van der Waals surface area contributed by atoms with Crippen molar-refractivity contribution in [2.45, 2.75) is 0 Å². The molecular formula is C10H19N7O. The van der Waals surface area contributed by atoms with Crippen LogP contribution in [-0.2, 0) is 4.79 Å². The number of anilines is 3. The Hall–Kier alpha value is -2.12. The van der Waals surface area contributed by atoms with E-state index in [0.29, 0.717) is 17.8 Å². The van der Waals surface area contributed by atoms with Gasteiger partial charge in [-0.05, 0) is 0 Å². The lowest BCUT2D eigenvalue weighted by Crippen LogP contribution is -2.34. The topological polar surface area (TPSA) is 86.3 Å². The molecule has 0 atom stereocenters. The van der Waals surface area contributed by atoms with Crippen molar-refractivity contribution in [3.05, 3.63) is 0 Å². The van der Waals surface area contributed by atoms with Crippen molar-refractivity contribution in [1.29, 1.82) is 0 Å². The average Bonchev–Trinajstić information content (AvgIpc) is 2.37. The van der Waals surface area contributed by atoms with Crippen LogP contribution in [0.25, 0.3) is 0 Å². The lowest BCUT2D eigenvalue weighted by Gasteiger charge is -2.18. The van der Waals surface area contributed by atoms with Crippen LogP contribution in [0.1, 0.15) is 0 Å². The Balaban J connectivity index is 2.99. The molecule has 1 heterocycles. The number of carbonyl (C=O) groups is 1. The minimum Gasteiger partial charge on any atom is -0.358 e. The maximum Gasteiger partial charge on any atom is 0.239 e. The van der Waals surface area contributed by atoms with Gasteiger partial charge in [0.05, 0.1) is 6.54 Å². The molecule has 18 heavy (non-hydrogen) atoms. The fraction of sp³-hybridized carbons (Fsp3) is 0.600. The Morgan fingerprint density at radius 1 is 1.11 bits per heavy atom.